The van der Waals surface area contributed by atoms with Crippen molar-refractivity contribution in [3.63, 3.8) is 0 Å². The number of benzene rings is 1. The highest BCUT2D eigenvalue weighted by Gasteiger charge is 2.09. The highest BCUT2D eigenvalue weighted by Crippen LogP contribution is 2.09. The lowest BCUT2D eigenvalue weighted by Crippen LogP contribution is -2.30. The molecule has 126 valence electrons. The summed E-state index contributed by atoms with van der Waals surface area (Å²) >= 11 is 0. The largest absolute Gasteiger partial charge is 0.399 e. The fourth-order valence-corrected chi connectivity index (χ4v) is 2.80. The van der Waals surface area contributed by atoms with Crippen molar-refractivity contribution in [3.05, 3.63) is 35.4 Å². The van der Waals surface area contributed by atoms with Crippen LogP contribution in [0, 0.1) is 0 Å². The highest BCUT2D eigenvalue weighted by atomic mass is 16.6. The van der Waals surface area contributed by atoms with Crippen molar-refractivity contribution in [2.24, 2.45) is 5.16 Å². The minimum atomic E-state index is -0.0175. The average molecular weight is 317 g/mol. The molecule has 0 radical (unpaired) electrons. The summed E-state index contributed by atoms with van der Waals surface area (Å²) in [7, 11) is 1.50. The number of oxime groups is 1. The normalized spacial score (nSPS) is 16.2. The van der Waals surface area contributed by atoms with Gasteiger partial charge in [-0.2, -0.15) is 0 Å². The van der Waals surface area contributed by atoms with E-state index in [1.54, 1.807) is 18.3 Å². The van der Waals surface area contributed by atoms with Crippen LogP contribution in [-0.2, 0) is 4.84 Å². The molecule has 1 aliphatic rings. The first-order valence-electron chi connectivity index (χ1n) is 8.47. The van der Waals surface area contributed by atoms with Gasteiger partial charge in [-0.05, 0) is 56.6 Å². The van der Waals surface area contributed by atoms with E-state index in [-0.39, 0.29) is 5.91 Å². The third-order valence-corrected chi connectivity index (χ3v) is 4.12. The molecule has 1 N–H and O–H groups in total. The SMILES string of the molecule is CO/N=C/c1ccc(C(=O)NCCCN2CCCCCC2)cc1. The topological polar surface area (TPSA) is 53.9 Å². The Kier molecular flexibility index (Phi) is 7.60. The van der Waals surface area contributed by atoms with Crippen molar-refractivity contribution in [2.45, 2.75) is 32.1 Å². The molecule has 2 rings (SSSR count). The number of nitrogens with zero attached hydrogens (tertiary/aromatic N) is 2. The first kappa shape index (κ1) is 17.5. The van der Waals surface area contributed by atoms with Crippen LogP contribution in [-0.4, -0.2) is 50.3 Å². The van der Waals surface area contributed by atoms with Crippen LogP contribution >= 0.6 is 0 Å². The van der Waals surface area contributed by atoms with Crippen LogP contribution in [0.25, 0.3) is 0 Å². The van der Waals surface area contributed by atoms with E-state index in [2.05, 4.69) is 20.2 Å². The second kappa shape index (κ2) is 10.0. The van der Waals surface area contributed by atoms with Gasteiger partial charge in [0.15, 0.2) is 0 Å². The Morgan fingerprint density at radius 1 is 1.22 bits per heavy atom. The molecule has 1 fully saturated rings. The first-order chi connectivity index (χ1) is 11.3. The van der Waals surface area contributed by atoms with Crippen LogP contribution in [0.2, 0.25) is 0 Å². The van der Waals surface area contributed by atoms with Crippen molar-refractivity contribution in [1.82, 2.24) is 10.2 Å². The predicted molar refractivity (Wildman–Crippen MR) is 92.9 cm³/mol. The van der Waals surface area contributed by atoms with Gasteiger partial charge in [-0.25, -0.2) is 0 Å². The molecule has 1 aromatic carbocycles. The van der Waals surface area contributed by atoms with Crippen molar-refractivity contribution in [1.29, 1.82) is 0 Å². The zero-order valence-corrected chi connectivity index (χ0v) is 14.0. The summed E-state index contributed by atoms with van der Waals surface area (Å²) in [5, 5.41) is 6.69. The van der Waals surface area contributed by atoms with Crippen LogP contribution < -0.4 is 5.32 Å². The Bertz CT molecular complexity index is 491. The molecule has 0 unspecified atom stereocenters. The van der Waals surface area contributed by atoms with Gasteiger partial charge in [-0.1, -0.05) is 30.1 Å². The highest BCUT2D eigenvalue weighted by molar-refractivity contribution is 5.94. The lowest BCUT2D eigenvalue weighted by atomic mass is 10.1. The molecule has 0 spiro atoms. The molecule has 0 bridgehead atoms. The number of amides is 1. The minimum Gasteiger partial charge on any atom is -0.399 e. The van der Waals surface area contributed by atoms with E-state index >= 15 is 0 Å². The van der Waals surface area contributed by atoms with Gasteiger partial charge in [0.25, 0.3) is 5.91 Å². The summed E-state index contributed by atoms with van der Waals surface area (Å²) in [6, 6.07) is 7.33. The maximum atomic E-state index is 12.1. The molecular formula is C18H27N3O2. The van der Waals surface area contributed by atoms with Crippen molar-refractivity contribution in [3.8, 4) is 0 Å². The zero-order chi connectivity index (χ0) is 16.3. The molecule has 23 heavy (non-hydrogen) atoms. The summed E-state index contributed by atoms with van der Waals surface area (Å²) in [6.07, 6.45) is 7.96. The van der Waals surface area contributed by atoms with Gasteiger partial charge >= 0.3 is 0 Å². The number of nitrogens with one attached hydrogen (secondary N) is 1. The Morgan fingerprint density at radius 3 is 2.57 bits per heavy atom. The first-order valence-corrected chi connectivity index (χ1v) is 8.47. The summed E-state index contributed by atoms with van der Waals surface area (Å²) < 4.78 is 0. The summed E-state index contributed by atoms with van der Waals surface area (Å²) in [5.74, 6) is -0.0175. The number of likely N-dealkylation sites (tertiary alicyclic amines) is 1. The molecule has 1 amide bonds. The maximum absolute atomic E-state index is 12.1. The average Bonchev–Trinajstić information content (AvgIpc) is 2.86. The van der Waals surface area contributed by atoms with Gasteiger partial charge in [-0.15, -0.1) is 0 Å². The molecule has 0 aliphatic carbocycles. The molecule has 0 atom stereocenters. The van der Waals surface area contributed by atoms with Crippen molar-refractivity contribution >= 4 is 12.1 Å². The van der Waals surface area contributed by atoms with E-state index in [4.69, 9.17) is 0 Å². The van der Waals surface area contributed by atoms with Gasteiger partial charge in [0.2, 0.25) is 0 Å². The van der Waals surface area contributed by atoms with Gasteiger partial charge in [0.1, 0.15) is 7.11 Å². The zero-order valence-electron chi connectivity index (χ0n) is 14.0. The van der Waals surface area contributed by atoms with Crippen LogP contribution in [0.5, 0.6) is 0 Å². The van der Waals surface area contributed by atoms with E-state index in [9.17, 15) is 4.79 Å². The Labute approximate surface area is 138 Å². The minimum absolute atomic E-state index is 0.0175. The van der Waals surface area contributed by atoms with Gasteiger partial charge < -0.3 is 15.1 Å². The maximum Gasteiger partial charge on any atom is 0.251 e. The number of carbonyl (C=O) groups is 1. The van der Waals surface area contributed by atoms with Crippen molar-refractivity contribution < 1.29 is 9.63 Å². The van der Waals surface area contributed by atoms with Gasteiger partial charge in [0.05, 0.1) is 6.21 Å². The molecule has 1 saturated heterocycles. The third kappa shape index (κ3) is 6.40. The summed E-state index contributed by atoms with van der Waals surface area (Å²) in [6.45, 7) is 4.21. The number of hydrogen-bond donors (Lipinski definition) is 1. The molecule has 1 heterocycles. The van der Waals surface area contributed by atoms with E-state index in [0.29, 0.717) is 5.56 Å². The summed E-state index contributed by atoms with van der Waals surface area (Å²) in [5.41, 5.74) is 1.58. The second-order valence-corrected chi connectivity index (χ2v) is 5.90. The Balaban J connectivity index is 1.68. The summed E-state index contributed by atoms with van der Waals surface area (Å²) in [4.78, 5) is 19.2. The molecule has 1 aromatic rings. The van der Waals surface area contributed by atoms with Crippen LogP contribution in [0.15, 0.2) is 29.4 Å². The van der Waals surface area contributed by atoms with E-state index in [1.165, 1.54) is 45.9 Å². The second-order valence-electron chi connectivity index (χ2n) is 5.90. The molecule has 0 aromatic heterocycles. The number of hydrogen-bond acceptors (Lipinski definition) is 4. The predicted octanol–water partition coefficient (Wildman–Crippen LogP) is 2.66. The molecule has 0 saturated carbocycles. The molecule has 5 nitrogen and oxygen atoms in total. The van der Waals surface area contributed by atoms with E-state index in [1.807, 2.05) is 12.1 Å². The Morgan fingerprint density at radius 2 is 1.91 bits per heavy atom. The van der Waals surface area contributed by atoms with Gasteiger partial charge in [0, 0.05) is 12.1 Å². The van der Waals surface area contributed by atoms with E-state index < -0.39 is 0 Å². The quantitative estimate of drug-likeness (QED) is 0.478. The fraction of sp³-hybridized carbons (Fsp3) is 0.556. The monoisotopic (exact) mass is 317 g/mol. The molecule has 5 heteroatoms. The lowest BCUT2D eigenvalue weighted by Gasteiger charge is -2.19. The third-order valence-electron chi connectivity index (χ3n) is 4.12. The Hall–Kier alpha value is -1.88. The number of carbonyl (C=O) groups excluding carboxylic acids is 1. The number of rotatable bonds is 7. The lowest BCUT2D eigenvalue weighted by molar-refractivity contribution is 0.0951. The molecule has 1 aliphatic heterocycles. The van der Waals surface area contributed by atoms with Crippen LogP contribution in [0.3, 0.4) is 0 Å². The van der Waals surface area contributed by atoms with E-state index in [0.717, 1.165) is 25.1 Å². The fourth-order valence-electron chi connectivity index (χ4n) is 2.80. The smallest absolute Gasteiger partial charge is 0.251 e. The van der Waals surface area contributed by atoms with Crippen LogP contribution in [0.1, 0.15) is 48.0 Å². The van der Waals surface area contributed by atoms with Crippen molar-refractivity contribution in [2.75, 3.05) is 33.3 Å². The molecular weight excluding hydrogens is 290 g/mol. The van der Waals surface area contributed by atoms with Crippen LogP contribution in [0.4, 0.5) is 0 Å². The van der Waals surface area contributed by atoms with Gasteiger partial charge in [-0.3, -0.25) is 4.79 Å². The standard InChI is InChI=1S/C18H27N3O2/c1-23-20-15-16-7-9-17(10-8-16)18(22)19-11-6-14-21-12-4-2-3-5-13-21/h7-10,15H,2-6,11-14H2,1H3,(H,19,22)/b20-15+.